The molecule has 0 aliphatic carbocycles. The second kappa shape index (κ2) is 6.20. The van der Waals surface area contributed by atoms with Gasteiger partial charge < -0.3 is 9.84 Å². The van der Waals surface area contributed by atoms with Crippen LogP contribution in [0, 0.1) is 10.1 Å². The van der Waals surface area contributed by atoms with Gasteiger partial charge in [-0.1, -0.05) is 13.3 Å². The Labute approximate surface area is 100 Å². The van der Waals surface area contributed by atoms with Crippen molar-refractivity contribution in [2.24, 2.45) is 0 Å². The van der Waals surface area contributed by atoms with Crippen molar-refractivity contribution in [1.29, 1.82) is 0 Å². The predicted molar refractivity (Wildman–Crippen MR) is 64.1 cm³/mol. The molecule has 0 bridgehead atoms. The van der Waals surface area contributed by atoms with Crippen LogP contribution < -0.4 is 4.74 Å². The lowest BCUT2D eigenvalue weighted by molar-refractivity contribution is -0.385. The summed E-state index contributed by atoms with van der Waals surface area (Å²) in [6.45, 7) is 4.16. The lowest BCUT2D eigenvalue weighted by Crippen LogP contribution is -2.03. The maximum Gasteiger partial charge on any atom is 0.270 e. The van der Waals surface area contributed by atoms with Gasteiger partial charge in [0.25, 0.3) is 5.69 Å². The third-order valence-electron chi connectivity index (χ3n) is 2.41. The van der Waals surface area contributed by atoms with Crippen molar-refractivity contribution >= 4 is 5.69 Å². The first-order valence-corrected chi connectivity index (χ1v) is 5.65. The number of ether oxygens (including phenoxy) is 1. The van der Waals surface area contributed by atoms with Crippen molar-refractivity contribution in [3.63, 3.8) is 0 Å². The highest BCUT2D eigenvalue weighted by molar-refractivity contribution is 5.44. The molecule has 5 nitrogen and oxygen atoms in total. The normalized spacial score (nSPS) is 12.2. The summed E-state index contributed by atoms with van der Waals surface area (Å²) >= 11 is 0. The van der Waals surface area contributed by atoms with Gasteiger partial charge in [0.2, 0.25) is 0 Å². The molecule has 0 saturated heterocycles. The fourth-order valence-corrected chi connectivity index (χ4v) is 1.43. The summed E-state index contributed by atoms with van der Waals surface area (Å²) in [4.78, 5) is 10.1. The van der Waals surface area contributed by atoms with Crippen molar-refractivity contribution in [1.82, 2.24) is 0 Å². The molecule has 0 fully saturated rings. The van der Waals surface area contributed by atoms with E-state index in [0.717, 1.165) is 12.8 Å². The molecule has 17 heavy (non-hydrogen) atoms. The quantitative estimate of drug-likeness (QED) is 0.470. The molecule has 1 rings (SSSR count). The molecule has 0 aliphatic heterocycles. The first kappa shape index (κ1) is 13.4. The van der Waals surface area contributed by atoms with Gasteiger partial charge in [-0.05, 0) is 19.4 Å². The van der Waals surface area contributed by atoms with Crippen LogP contribution in [0.15, 0.2) is 18.2 Å². The number of rotatable bonds is 6. The first-order valence-electron chi connectivity index (χ1n) is 5.65. The minimum absolute atomic E-state index is 0.0382. The molecule has 1 aromatic carbocycles. The summed E-state index contributed by atoms with van der Waals surface area (Å²) in [7, 11) is 0. The van der Waals surface area contributed by atoms with Crippen LogP contribution in [0.3, 0.4) is 0 Å². The summed E-state index contributed by atoms with van der Waals surface area (Å²) in [5.74, 6) is 0.513. The lowest BCUT2D eigenvalue weighted by Gasteiger charge is -2.12. The number of non-ortho nitro benzene ring substituents is 1. The molecule has 0 unspecified atom stereocenters. The largest absolute Gasteiger partial charge is 0.493 e. The monoisotopic (exact) mass is 239 g/mol. The average molecular weight is 239 g/mol. The van der Waals surface area contributed by atoms with Crippen molar-refractivity contribution in [3.05, 3.63) is 33.9 Å². The van der Waals surface area contributed by atoms with Crippen LogP contribution in [0.2, 0.25) is 0 Å². The summed E-state index contributed by atoms with van der Waals surface area (Å²) in [5.41, 5.74) is 0.416. The number of nitrogens with zero attached hydrogens (tertiary/aromatic N) is 1. The Morgan fingerprint density at radius 1 is 1.53 bits per heavy atom. The topological polar surface area (TPSA) is 72.6 Å². The van der Waals surface area contributed by atoms with Crippen LogP contribution in [0.1, 0.15) is 38.4 Å². The van der Waals surface area contributed by atoms with Crippen molar-refractivity contribution in [2.45, 2.75) is 32.8 Å². The smallest absolute Gasteiger partial charge is 0.270 e. The Bertz CT molecular complexity index is 390. The SMILES string of the molecule is CCCCOc1ccc([N+](=O)[O-])cc1[C@H](C)O. The maximum atomic E-state index is 10.6. The molecule has 0 aromatic heterocycles. The Balaban J connectivity index is 2.92. The zero-order chi connectivity index (χ0) is 12.8. The van der Waals surface area contributed by atoms with Crippen LogP contribution in [0.5, 0.6) is 5.75 Å². The molecule has 0 heterocycles. The third kappa shape index (κ3) is 3.71. The standard InChI is InChI=1S/C12H17NO4/c1-3-4-7-17-12-6-5-10(13(15)16)8-11(12)9(2)14/h5-6,8-9,14H,3-4,7H2,1-2H3/t9-/m0/s1. The maximum absolute atomic E-state index is 10.6. The van der Waals surface area contributed by atoms with Gasteiger partial charge in [0.05, 0.1) is 17.6 Å². The van der Waals surface area contributed by atoms with E-state index in [2.05, 4.69) is 6.92 Å². The Morgan fingerprint density at radius 3 is 2.76 bits per heavy atom. The second-order valence-electron chi connectivity index (χ2n) is 3.86. The second-order valence-corrected chi connectivity index (χ2v) is 3.86. The molecule has 1 aromatic rings. The van der Waals surface area contributed by atoms with E-state index in [0.29, 0.717) is 17.9 Å². The molecule has 0 radical (unpaired) electrons. The van der Waals surface area contributed by atoms with Gasteiger partial charge in [0.15, 0.2) is 0 Å². The number of aliphatic hydroxyl groups excluding tert-OH is 1. The van der Waals surface area contributed by atoms with Gasteiger partial charge in [0, 0.05) is 17.7 Å². The summed E-state index contributed by atoms with van der Waals surface area (Å²) in [5, 5.41) is 20.2. The van der Waals surface area contributed by atoms with E-state index in [1.807, 2.05) is 0 Å². The predicted octanol–water partition coefficient (Wildman–Crippen LogP) is 2.83. The summed E-state index contributed by atoms with van der Waals surface area (Å²) < 4.78 is 5.49. The molecule has 0 spiro atoms. The number of hydrogen-bond donors (Lipinski definition) is 1. The highest BCUT2D eigenvalue weighted by atomic mass is 16.6. The third-order valence-corrected chi connectivity index (χ3v) is 2.41. The van der Waals surface area contributed by atoms with E-state index in [1.165, 1.54) is 18.2 Å². The van der Waals surface area contributed by atoms with Crippen molar-refractivity contribution < 1.29 is 14.8 Å². The molecule has 5 heteroatoms. The number of hydrogen-bond acceptors (Lipinski definition) is 4. The van der Waals surface area contributed by atoms with Gasteiger partial charge in [-0.15, -0.1) is 0 Å². The highest BCUT2D eigenvalue weighted by Crippen LogP contribution is 2.29. The molecule has 0 amide bonds. The highest BCUT2D eigenvalue weighted by Gasteiger charge is 2.15. The van der Waals surface area contributed by atoms with Gasteiger partial charge in [-0.25, -0.2) is 0 Å². The summed E-state index contributed by atoms with van der Waals surface area (Å²) in [6.07, 6.45) is 1.14. The van der Waals surface area contributed by atoms with E-state index in [1.54, 1.807) is 6.92 Å². The molecular weight excluding hydrogens is 222 g/mol. The molecule has 94 valence electrons. The number of nitro benzene ring substituents is 1. The fourth-order valence-electron chi connectivity index (χ4n) is 1.43. The van der Waals surface area contributed by atoms with E-state index in [4.69, 9.17) is 4.74 Å². The average Bonchev–Trinajstić information content (AvgIpc) is 2.29. The fraction of sp³-hybridized carbons (Fsp3) is 0.500. The Kier molecular flexibility index (Phi) is 4.90. The lowest BCUT2D eigenvalue weighted by atomic mass is 10.1. The van der Waals surface area contributed by atoms with Crippen LogP contribution in [0.4, 0.5) is 5.69 Å². The van der Waals surface area contributed by atoms with Gasteiger partial charge in [-0.3, -0.25) is 10.1 Å². The van der Waals surface area contributed by atoms with Crippen LogP contribution in [0.25, 0.3) is 0 Å². The zero-order valence-electron chi connectivity index (χ0n) is 10.0. The minimum atomic E-state index is -0.786. The van der Waals surface area contributed by atoms with E-state index in [-0.39, 0.29) is 5.69 Å². The number of unbranched alkanes of at least 4 members (excludes halogenated alkanes) is 1. The molecule has 1 N–H and O–H groups in total. The van der Waals surface area contributed by atoms with Crippen molar-refractivity contribution in [2.75, 3.05) is 6.61 Å². The number of aliphatic hydroxyl groups is 1. The Hall–Kier alpha value is -1.62. The van der Waals surface area contributed by atoms with Crippen LogP contribution in [-0.4, -0.2) is 16.6 Å². The van der Waals surface area contributed by atoms with Gasteiger partial charge >= 0.3 is 0 Å². The minimum Gasteiger partial charge on any atom is -0.493 e. The number of benzene rings is 1. The molecule has 0 aliphatic rings. The van der Waals surface area contributed by atoms with E-state index in [9.17, 15) is 15.2 Å². The Morgan fingerprint density at radius 2 is 2.24 bits per heavy atom. The van der Waals surface area contributed by atoms with Crippen LogP contribution in [-0.2, 0) is 0 Å². The van der Waals surface area contributed by atoms with Crippen LogP contribution >= 0.6 is 0 Å². The van der Waals surface area contributed by atoms with Gasteiger partial charge in [0.1, 0.15) is 5.75 Å². The molecule has 1 atom stereocenters. The number of nitro groups is 1. The zero-order valence-corrected chi connectivity index (χ0v) is 10.0. The molecule has 0 saturated carbocycles. The van der Waals surface area contributed by atoms with E-state index >= 15 is 0 Å². The van der Waals surface area contributed by atoms with E-state index < -0.39 is 11.0 Å². The summed E-state index contributed by atoms with van der Waals surface area (Å²) in [6, 6.07) is 4.27. The van der Waals surface area contributed by atoms with Gasteiger partial charge in [-0.2, -0.15) is 0 Å². The first-order chi connectivity index (χ1) is 8.06. The van der Waals surface area contributed by atoms with Crippen molar-refractivity contribution in [3.8, 4) is 5.75 Å². The molecular formula is C12H17NO4.